The van der Waals surface area contributed by atoms with E-state index in [4.69, 9.17) is 12.2 Å². The molecular formula is C25H21FN4O3S. The number of hydrogen-bond donors (Lipinski definition) is 4. The Labute approximate surface area is 201 Å². The summed E-state index contributed by atoms with van der Waals surface area (Å²) in [5.41, 5.74) is 7.73. The summed E-state index contributed by atoms with van der Waals surface area (Å²) in [6, 6.07) is 19.1. The van der Waals surface area contributed by atoms with Gasteiger partial charge in [-0.1, -0.05) is 30.3 Å². The van der Waals surface area contributed by atoms with Gasteiger partial charge in [0.05, 0.1) is 0 Å². The molecule has 4 N–H and O–H groups in total. The summed E-state index contributed by atoms with van der Waals surface area (Å²) in [5, 5.41) is 5.05. The lowest BCUT2D eigenvalue weighted by molar-refractivity contribution is -0.115. The molecule has 0 aromatic heterocycles. The Balaban J connectivity index is 1.46. The van der Waals surface area contributed by atoms with E-state index < -0.39 is 11.8 Å². The molecule has 0 spiro atoms. The number of hydrogen-bond acceptors (Lipinski definition) is 4. The number of rotatable bonds is 5. The minimum atomic E-state index is -0.523. The fourth-order valence-corrected chi connectivity index (χ4v) is 3.00. The second-order valence-corrected chi connectivity index (χ2v) is 7.54. The van der Waals surface area contributed by atoms with Gasteiger partial charge in [-0.25, -0.2) is 4.39 Å². The molecule has 9 heteroatoms. The van der Waals surface area contributed by atoms with Crippen LogP contribution in [0.5, 0.6) is 0 Å². The molecule has 0 heterocycles. The van der Waals surface area contributed by atoms with Gasteiger partial charge in [-0.2, -0.15) is 0 Å². The maximum atomic E-state index is 12.9. The van der Waals surface area contributed by atoms with Crippen molar-refractivity contribution in [3.63, 3.8) is 0 Å². The fraction of sp³-hybridized carbons (Fsp3) is 0.0400. The molecule has 0 aliphatic carbocycles. The van der Waals surface area contributed by atoms with Crippen molar-refractivity contribution in [1.82, 2.24) is 16.2 Å². The van der Waals surface area contributed by atoms with Crippen LogP contribution in [0.25, 0.3) is 6.08 Å². The van der Waals surface area contributed by atoms with E-state index >= 15 is 0 Å². The van der Waals surface area contributed by atoms with Crippen molar-refractivity contribution in [3.8, 4) is 0 Å². The number of hydrazine groups is 1. The third-order valence-corrected chi connectivity index (χ3v) is 4.82. The topological polar surface area (TPSA) is 99.3 Å². The van der Waals surface area contributed by atoms with E-state index in [-0.39, 0.29) is 16.8 Å². The number of benzene rings is 3. The van der Waals surface area contributed by atoms with E-state index in [1.54, 1.807) is 24.3 Å². The zero-order valence-electron chi connectivity index (χ0n) is 18.1. The monoisotopic (exact) mass is 476 g/mol. The van der Waals surface area contributed by atoms with E-state index in [0.717, 1.165) is 5.56 Å². The Morgan fingerprint density at radius 2 is 1.53 bits per heavy atom. The third kappa shape index (κ3) is 7.07. The fourth-order valence-electron chi connectivity index (χ4n) is 2.85. The van der Waals surface area contributed by atoms with Gasteiger partial charge in [-0.3, -0.25) is 30.6 Å². The molecule has 0 aliphatic rings. The highest BCUT2D eigenvalue weighted by atomic mass is 32.1. The molecule has 0 unspecified atom stereocenters. The predicted octanol–water partition coefficient (Wildman–Crippen LogP) is 3.74. The van der Waals surface area contributed by atoms with Gasteiger partial charge in [0.1, 0.15) is 5.82 Å². The standard InChI is InChI=1S/C25H21FN4O3S/c1-16-4-2-3-5-21(16)24(33)27-20-13-9-18(10-14-20)23(32)29-30-25(34)28-22(31)15-8-17-6-11-19(26)12-7-17/h2-15H,1H3,(H,27,33)(H,29,32)(H2,28,30,31,34). The van der Waals surface area contributed by atoms with Crippen LogP contribution in [-0.4, -0.2) is 22.8 Å². The van der Waals surface area contributed by atoms with Crippen molar-refractivity contribution in [1.29, 1.82) is 0 Å². The van der Waals surface area contributed by atoms with Crippen LogP contribution in [0.2, 0.25) is 0 Å². The summed E-state index contributed by atoms with van der Waals surface area (Å²) in [6.07, 6.45) is 2.72. The van der Waals surface area contributed by atoms with Crippen molar-refractivity contribution in [2.75, 3.05) is 5.32 Å². The number of thiocarbonyl (C=S) groups is 1. The third-order valence-electron chi connectivity index (χ3n) is 4.62. The minimum Gasteiger partial charge on any atom is -0.322 e. The molecule has 0 fully saturated rings. The van der Waals surface area contributed by atoms with Crippen LogP contribution in [0.1, 0.15) is 31.8 Å². The zero-order chi connectivity index (χ0) is 24.5. The summed E-state index contributed by atoms with van der Waals surface area (Å²) in [6.45, 7) is 1.85. The van der Waals surface area contributed by atoms with Crippen LogP contribution in [0, 0.1) is 12.7 Å². The van der Waals surface area contributed by atoms with E-state index in [2.05, 4.69) is 21.5 Å². The lowest BCUT2D eigenvalue weighted by Crippen LogP contribution is -2.48. The molecule has 0 atom stereocenters. The van der Waals surface area contributed by atoms with Crippen molar-refractivity contribution in [2.24, 2.45) is 0 Å². The average Bonchev–Trinajstić information content (AvgIpc) is 2.83. The van der Waals surface area contributed by atoms with E-state index in [0.29, 0.717) is 22.4 Å². The minimum absolute atomic E-state index is 0.107. The van der Waals surface area contributed by atoms with Gasteiger partial charge >= 0.3 is 0 Å². The van der Waals surface area contributed by atoms with Crippen LogP contribution >= 0.6 is 12.2 Å². The zero-order valence-corrected chi connectivity index (χ0v) is 18.9. The van der Waals surface area contributed by atoms with Gasteiger partial charge in [0.2, 0.25) is 5.91 Å². The molecular weight excluding hydrogens is 455 g/mol. The number of nitrogens with one attached hydrogen (secondary N) is 4. The van der Waals surface area contributed by atoms with Crippen LogP contribution in [0.4, 0.5) is 10.1 Å². The van der Waals surface area contributed by atoms with Crippen LogP contribution in [0.3, 0.4) is 0 Å². The first-order valence-corrected chi connectivity index (χ1v) is 10.5. The SMILES string of the molecule is Cc1ccccc1C(=O)Nc1ccc(C(=O)NNC(=S)NC(=O)C=Cc2ccc(F)cc2)cc1. The summed E-state index contributed by atoms with van der Waals surface area (Å²) < 4.78 is 12.9. The second kappa shape index (κ2) is 11.5. The molecule has 0 aliphatic heterocycles. The Kier molecular flexibility index (Phi) is 8.20. The molecule has 34 heavy (non-hydrogen) atoms. The number of carbonyl (C=O) groups is 3. The van der Waals surface area contributed by atoms with Crippen LogP contribution in [-0.2, 0) is 4.79 Å². The molecule has 0 saturated heterocycles. The van der Waals surface area contributed by atoms with E-state index in [1.807, 2.05) is 19.1 Å². The van der Waals surface area contributed by atoms with E-state index in [9.17, 15) is 18.8 Å². The lowest BCUT2D eigenvalue weighted by atomic mass is 10.1. The van der Waals surface area contributed by atoms with Gasteiger partial charge in [0.15, 0.2) is 5.11 Å². The highest BCUT2D eigenvalue weighted by Gasteiger charge is 2.10. The van der Waals surface area contributed by atoms with Gasteiger partial charge in [-0.15, -0.1) is 0 Å². The van der Waals surface area contributed by atoms with Gasteiger partial charge in [0.25, 0.3) is 11.8 Å². The maximum absolute atomic E-state index is 12.9. The summed E-state index contributed by atoms with van der Waals surface area (Å²) >= 11 is 4.98. The van der Waals surface area contributed by atoms with Gasteiger partial charge in [0, 0.05) is 22.9 Å². The van der Waals surface area contributed by atoms with Crippen molar-refractivity contribution in [2.45, 2.75) is 6.92 Å². The molecule has 3 aromatic carbocycles. The molecule has 7 nitrogen and oxygen atoms in total. The Hall–Kier alpha value is -4.37. The number of aryl methyl sites for hydroxylation is 1. The van der Waals surface area contributed by atoms with Gasteiger partial charge in [-0.05, 0) is 78.8 Å². The maximum Gasteiger partial charge on any atom is 0.269 e. The number of amides is 3. The second-order valence-electron chi connectivity index (χ2n) is 7.13. The average molecular weight is 477 g/mol. The van der Waals surface area contributed by atoms with Gasteiger partial charge < -0.3 is 5.32 Å². The van der Waals surface area contributed by atoms with E-state index in [1.165, 1.54) is 48.6 Å². The van der Waals surface area contributed by atoms with Crippen LogP contribution in [0.15, 0.2) is 78.9 Å². The summed E-state index contributed by atoms with van der Waals surface area (Å²) in [4.78, 5) is 36.6. The summed E-state index contributed by atoms with van der Waals surface area (Å²) in [7, 11) is 0. The molecule has 3 rings (SSSR count). The number of halogens is 1. The number of carbonyl (C=O) groups excluding carboxylic acids is 3. The molecule has 172 valence electrons. The lowest BCUT2D eigenvalue weighted by Gasteiger charge is -2.11. The van der Waals surface area contributed by atoms with Crippen molar-refractivity contribution < 1.29 is 18.8 Å². The van der Waals surface area contributed by atoms with Crippen LogP contribution < -0.4 is 21.5 Å². The number of anilines is 1. The smallest absolute Gasteiger partial charge is 0.269 e. The quantitative estimate of drug-likeness (QED) is 0.256. The largest absolute Gasteiger partial charge is 0.322 e. The summed E-state index contributed by atoms with van der Waals surface area (Å²) in [5.74, 6) is -1.63. The molecule has 3 aromatic rings. The first-order chi connectivity index (χ1) is 16.3. The predicted molar refractivity (Wildman–Crippen MR) is 132 cm³/mol. The van der Waals surface area contributed by atoms with Crippen molar-refractivity contribution in [3.05, 3.63) is 107 Å². The Morgan fingerprint density at radius 1 is 0.853 bits per heavy atom. The Morgan fingerprint density at radius 3 is 2.21 bits per heavy atom. The molecule has 3 amide bonds. The Bertz CT molecular complexity index is 1240. The first kappa shape index (κ1) is 24.3. The first-order valence-electron chi connectivity index (χ1n) is 10.1. The highest BCUT2D eigenvalue weighted by molar-refractivity contribution is 7.80. The highest BCUT2D eigenvalue weighted by Crippen LogP contribution is 2.13. The normalized spacial score (nSPS) is 10.4. The van der Waals surface area contributed by atoms with Crippen molar-refractivity contribution >= 4 is 46.8 Å². The molecule has 0 saturated carbocycles. The molecule has 0 bridgehead atoms. The molecule has 0 radical (unpaired) electrons.